The van der Waals surface area contributed by atoms with E-state index in [1.54, 1.807) is 49.4 Å². The lowest BCUT2D eigenvalue weighted by Crippen LogP contribution is -2.55. The first-order chi connectivity index (χ1) is 14.5. The van der Waals surface area contributed by atoms with E-state index in [1.807, 2.05) is 0 Å². The third-order valence-electron chi connectivity index (χ3n) is 3.95. The number of nitrogens with zero attached hydrogens (tertiary/aromatic N) is 2. The van der Waals surface area contributed by atoms with Crippen molar-refractivity contribution >= 4 is 30.0 Å². The molecule has 0 saturated carbocycles. The third-order valence-corrected chi connectivity index (χ3v) is 3.95. The molecule has 0 heterocycles. The van der Waals surface area contributed by atoms with Crippen LogP contribution in [0.25, 0.3) is 0 Å². The van der Waals surface area contributed by atoms with E-state index in [4.69, 9.17) is 10.6 Å². The molecule has 0 fully saturated rings. The number of nitrogens with one attached hydrogen (secondary N) is 2. The molecule has 5 N–H and O–H groups in total. The van der Waals surface area contributed by atoms with E-state index in [0.29, 0.717) is 16.3 Å². The second kappa shape index (κ2) is 11.2. The van der Waals surface area contributed by atoms with Crippen LogP contribution in [0.5, 0.6) is 0 Å². The molecule has 0 saturated heterocycles. The average molecular weight is 413 g/mol. The Morgan fingerprint density at radius 2 is 1.93 bits per heavy atom. The number of nitrogens with two attached hydrogens (primary N) is 1. The molecular formula is C20H23N5O5. The zero-order valence-electron chi connectivity index (χ0n) is 16.3. The van der Waals surface area contributed by atoms with Crippen LogP contribution in [0.15, 0.2) is 59.6 Å². The van der Waals surface area contributed by atoms with E-state index >= 15 is 0 Å². The zero-order valence-corrected chi connectivity index (χ0v) is 16.3. The summed E-state index contributed by atoms with van der Waals surface area (Å²) in [6, 6.07) is 13.6. The van der Waals surface area contributed by atoms with Crippen molar-refractivity contribution in [3.05, 3.63) is 65.7 Å². The van der Waals surface area contributed by atoms with Crippen molar-refractivity contribution in [3.8, 4) is 0 Å². The predicted molar refractivity (Wildman–Crippen MR) is 110 cm³/mol. The Morgan fingerprint density at radius 1 is 1.20 bits per heavy atom. The molecule has 0 spiro atoms. The summed E-state index contributed by atoms with van der Waals surface area (Å²) in [6.07, 6.45) is 0.236. The van der Waals surface area contributed by atoms with Gasteiger partial charge in [-0.05, 0) is 30.7 Å². The number of ether oxygens (including phenoxy) is 1. The maximum atomic E-state index is 12.7. The van der Waals surface area contributed by atoms with Gasteiger partial charge < -0.3 is 15.3 Å². The topological polar surface area (TPSA) is 146 Å². The molecule has 2 amide bonds. The highest BCUT2D eigenvalue weighted by atomic mass is 16.6. The standard InChI is InChI=1S/C20H23N5O5/c1-2-30-20(29)25(17(19(27)28)11-14-7-4-3-5-8-14)24-18(26)15-9-6-10-16(12-15)22-13-23-21/h3-10,12-13,17H,2,11,21H2,1H3,(H,22,23)(H,24,26)(H,27,28). The second-order valence-corrected chi connectivity index (χ2v) is 6.03. The smallest absolute Gasteiger partial charge is 0.429 e. The van der Waals surface area contributed by atoms with Crippen LogP contribution >= 0.6 is 0 Å². The fourth-order valence-electron chi connectivity index (χ4n) is 2.58. The van der Waals surface area contributed by atoms with Crippen LogP contribution in [-0.2, 0) is 16.0 Å². The Labute approximate surface area is 173 Å². The molecular weight excluding hydrogens is 390 g/mol. The quantitative estimate of drug-likeness (QED) is 0.222. The first-order valence-electron chi connectivity index (χ1n) is 9.08. The normalized spacial score (nSPS) is 11.5. The number of carboxylic acids is 1. The van der Waals surface area contributed by atoms with Gasteiger partial charge in [-0.15, -0.1) is 0 Å². The van der Waals surface area contributed by atoms with Gasteiger partial charge in [0.2, 0.25) is 0 Å². The third kappa shape index (κ3) is 6.31. The number of hydrogen-bond donors (Lipinski definition) is 4. The van der Waals surface area contributed by atoms with Crippen molar-refractivity contribution in [2.45, 2.75) is 19.4 Å². The molecule has 0 aliphatic carbocycles. The minimum absolute atomic E-state index is 0.0131. The van der Waals surface area contributed by atoms with E-state index in [0.717, 1.165) is 0 Å². The molecule has 1 atom stereocenters. The molecule has 0 aliphatic heterocycles. The molecule has 0 aromatic heterocycles. The first-order valence-corrected chi connectivity index (χ1v) is 9.08. The molecule has 2 aromatic carbocycles. The molecule has 0 radical (unpaired) electrons. The monoisotopic (exact) mass is 413 g/mol. The number of carbonyl (C=O) groups excluding carboxylic acids is 2. The highest BCUT2D eigenvalue weighted by Crippen LogP contribution is 2.15. The van der Waals surface area contributed by atoms with Crippen molar-refractivity contribution in [1.29, 1.82) is 0 Å². The highest BCUT2D eigenvalue weighted by Gasteiger charge is 2.33. The maximum absolute atomic E-state index is 12.7. The number of hydrazine groups is 2. The van der Waals surface area contributed by atoms with Gasteiger partial charge in [-0.2, -0.15) is 0 Å². The number of carboxylic acid groups (broad SMARTS) is 1. The van der Waals surface area contributed by atoms with Crippen LogP contribution in [0.2, 0.25) is 0 Å². The van der Waals surface area contributed by atoms with Crippen LogP contribution in [0.1, 0.15) is 22.8 Å². The lowest BCUT2D eigenvalue weighted by Gasteiger charge is -2.28. The Kier molecular flexibility index (Phi) is 8.33. The first kappa shape index (κ1) is 22.4. The molecule has 0 bridgehead atoms. The van der Waals surface area contributed by atoms with Crippen molar-refractivity contribution in [2.24, 2.45) is 10.8 Å². The summed E-state index contributed by atoms with van der Waals surface area (Å²) < 4.78 is 4.95. The van der Waals surface area contributed by atoms with Gasteiger partial charge in [0.1, 0.15) is 6.34 Å². The number of rotatable bonds is 8. The highest BCUT2D eigenvalue weighted by molar-refractivity contribution is 5.96. The van der Waals surface area contributed by atoms with Crippen LogP contribution in [-0.4, -0.2) is 47.1 Å². The molecule has 0 aliphatic rings. The summed E-state index contributed by atoms with van der Waals surface area (Å²) in [5.74, 6) is 3.15. The van der Waals surface area contributed by atoms with Gasteiger partial charge in [0.05, 0.1) is 12.3 Å². The van der Waals surface area contributed by atoms with E-state index in [1.165, 1.54) is 18.5 Å². The summed E-state index contributed by atoms with van der Waals surface area (Å²) in [5, 5.41) is 10.4. The van der Waals surface area contributed by atoms with Crippen LogP contribution in [0, 0.1) is 0 Å². The second-order valence-electron chi connectivity index (χ2n) is 6.03. The minimum Gasteiger partial charge on any atom is -0.480 e. The largest absolute Gasteiger partial charge is 0.480 e. The number of aliphatic imine (C=N–C) groups is 1. The lowest BCUT2D eigenvalue weighted by atomic mass is 10.1. The van der Waals surface area contributed by atoms with E-state index in [-0.39, 0.29) is 18.6 Å². The molecule has 2 aromatic rings. The Hall–Kier alpha value is -3.92. The maximum Gasteiger partial charge on any atom is 0.429 e. The summed E-state index contributed by atoms with van der Waals surface area (Å²) >= 11 is 0. The van der Waals surface area contributed by atoms with E-state index in [9.17, 15) is 19.5 Å². The summed E-state index contributed by atoms with van der Waals surface area (Å²) in [4.78, 5) is 41.1. The van der Waals surface area contributed by atoms with Gasteiger partial charge in [-0.1, -0.05) is 36.4 Å². The Balaban J connectivity index is 2.29. The molecule has 2 rings (SSSR count). The molecule has 30 heavy (non-hydrogen) atoms. The van der Waals surface area contributed by atoms with Gasteiger partial charge in [-0.3, -0.25) is 10.2 Å². The molecule has 10 heteroatoms. The number of aliphatic carboxylic acids is 1. The molecule has 10 nitrogen and oxygen atoms in total. The van der Waals surface area contributed by atoms with Crippen LogP contribution in [0.3, 0.4) is 0 Å². The van der Waals surface area contributed by atoms with Crippen LogP contribution in [0.4, 0.5) is 10.5 Å². The zero-order chi connectivity index (χ0) is 21.9. The molecule has 1 unspecified atom stereocenters. The van der Waals surface area contributed by atoms with Crippen molar-refractivity contribution in [3.63, 3.8) is 0 Å². The predicted octanol–water partition coefficient (Wildman–Crippen LogP) is 1.61. The fraction of sp³-hybridized carbons (Fsp3) is 0.200. The van der Waals surface area contributed by atoms with Gasteiger partial charge in [0.15, 0.2) is 6.04 Å². The van der Waals surface area contributed by atoms with Crippen molar-refractivity contribution in [2.75, 3.05) is 6.61 Å². The number of amides is 2. The van der Waals surface area contributed by atoms with Crippen LogP contribution < -0.4 is 16.7 Å². The van der Waals surface area contributed by atoms with Gasteiger partial charge in [0.25, 0.3) is 5.91 Å². The summed E-state index contributed by atoms with van der Waals surface area (Å²) in [6.45, 7) is 1.59. The number of benzene rings is 2. The van der Waals surface area contributed by atoms with Gasteiger partial charge in [-0.25, -0.2) is 25.4 Å². The average Bonchev–Trinajstić information content (AvgIpc) is 2.75. The summed E-state index contributed by atoms with van der Waals surface area (Å²) in [7, 11) is 0. The van der Waals surface area contributed by atoms with E-state index in [2.05, 4.69) is 15.8 Å². The van der Waals surface area contributed by atoms with Gasteiger partial charge >= 0.3 is 12.1 Å². The number of hydrogen-bond acceptors (Lipinski definition) is 6. The van der Waals surface area contributed by atoms with Crippen molar-refractivity contribution < 1.29 is 24.2 Å². The number of carbonyl (C=O) groups is 3. The molecule has 158 valence electrons. The SMILES string of the molecule is CCOC(=O)N(NC(=O)c1cccc(N=CNN)c1)C(Cc1ccccc1)C(=O)O. The van der Waals surface area contributed by atoms with E-state index < -0.39 is 24.0 Å². The van der Waals surface area contributed by atoms with Gasteiger partial charge in [0, 0.05) is 12.0 Å². The Bertz CT molecular complexity index is 903. The van der Waals surface area contributed by atoms with Crippen molar-refractivity contribution in [1.82, 2.24) is 15.9 Å². The summed E-state index contributed by atoms with van der Waals surface area (Å²) in [5.41, 5.74) is 5.88. The minimum atomic E-state index is -1.38. The lowest BCUT2D eigenvalue weighted by molar-refractivity contribution is -0.143. The Morgan fingerprint density at radius 3 is 2.57 bits per heavy atom. The fourth-order valence-corrected chi connectivity index (χ4v) is 2.58.